The van der Waals surface area contributed by atoms with Gasteiger partial charge >= 0.3 is 25.5 Å². The third-order valence-electron chi connectivity index (χ3n) is 8.02. The van der Waals surface area contributed by atoms with Crippen LogP contribution in [0.15, 0.2) is 12.7 Å². The summed E-state index contributed by atoms with van der Waals surface area (Å²) in [6.07, 6.45) is 25.3. The van der Waals surface area contributed by atoms with Crippen LogP contribution in [0.5, 0.6) is 0 Å². The summed E-state index contributed by atoms with van der Waals surface area (Å²) in [6.45, 7) is 5.47. The maximum Gasteiger partial charge on any atom is 0.330 e. The number of hydrogen-bond donors (Lipinski definition) is 2. The van der Waals surface area contributed by atoms with Crippen LogP contribution in [0, 0.1) is 0 Å². The van der Waals surface area contributed by atoms with Crippen LogP contribution in [0.1, 0.15) is 161 Å². The number of carbonyl (C=O) groups excluding carboxylic acids is 3. The highest BCUT2D eigenvalue weighted by atomic mass is 31.2. The Labute approximate surface area is 285 Å². The Morgan fingerprint density at radius 3 is 1.60 bits per heavy atom. The average molecular weight is 690 g/mol. The van der Waals surface area contributed by atoms with Crippen LogP contribution in [-0.4, -0.2) is 61.4 Å². The molecule has 10 nitrogen and oxygen atoms in total. The molecule has 1 unspecified atom stereocenters. The molecule has 0 heterocycles. The first kappa shape index (κ1) is 45.3. The van der Waals surface area contributed by atoms with E-state index in [2.05, 4.69) is 13.5 Å². The Bertz CT molecular complexity index is 839. The molecule has 0 spiro atoms. The van der Waals surface area contributed by atoms with E-state index in [0.29, 0.717) is 13.0 Å². The molecule has 0 saturated carbocycles. The monoisotopic (exact) mass is 689 g/mol. The zero-order valence-corrected chi connectivity index (χ0v) is 30.5. The molecule has 0 aliphatic rings. The lowest BCUT2D eigenvalue weighted by molar-refractivity contribution is -0.161. The van der Waals surface area contributed by atoms with Crippen molar-refractivity contribution in [2.24, 2.45) is 5.73 Å². The second kappa shape index (κ2) is 32.8. The van der Waals surface area contributed by atoms with E-state index in [1.165, 1.54) is 70.3 Å². The van der Waals surface area contributed by atoms with Gasteiger partial charge in [0.15, 0.2) is 6.10 Å². The Morgan fingerprint density at radius 2 is 1.13 bits per heavy atom. The quantitative estimate of drug-likeness (QED) is 0.0217. The second-order valence-corrected chi connectivity index (χ2v) is 14.5. The van der Waals surface area contributed by atoms with E-state index in [1.54, 1.807) is 0 Å². The molecular weight excluding hydrogens is 621 g/mol. The van der Waals surface area contributed by atoms with Crippen LogP contribution in [0.3, 0.4) is 0 Å². The smallest absolute Gasteiger partial charge is 0.330 e. The fraction of sp³-hybridized carbons (Fsp3) is 0.861. The van der Waals surface area contributed by atoms with Crippen molar-refractivity contribution in [2.45, 2.75) is 167 Å². The summed E-state index contributed by atoms with van der Waals surface area (Å²) in [4.78, 5) is 45.7. The van der Waals surface area contributed by atoms with E-state index in [4.69, 9.17) is 24.5 Å². The van der Waals surface area contributed by atoms with Crippen molar-refractivity contribution in [3.63, 3.8) is 0 Å². The summed E-state index contributed by atoms with van der Waals surface area (Å²) < 4.78 is 33.0. The number of ether oxygens (including phenoxy) is 3. The highest BCUT2D eigenvalue weighted by molar-refractivity contribution is 7.52. The van der Waals surface area contributed by atoms with Crippen LogP contribution in [-0.2, 0) is 37.7 Å². The van der Waals surface area contributed by atoms with Crippen molar-refractivity contribution in [3.8, 4) is 0 Å². The van der Waals surface area contributed by atoms with Gasteiger partial charge in [-0.2, -0.15) is 0 Å². The van der Waals surface area contributed by atoms with Gasteiger partial charge in [-0.15, -0.1) is 0 Å². The second-order valence-electron chi connectivity index (χ2n) is 12.5. The third-order valence-corrected chi connectivity index (χ3v) is 9.40. The lowest BCUT2D eigenvalue weighted by atomic mass is 10.0. The topological polar surface area (TPSA) is 151 Å². The molecule has 47 heavy (non-hydrogen) atoms. The average Bonchev–Trinajstić information content (AvgIpc) is 3.04. The van der Waals surface area contributed by atoms with Crippen molar-refractivity contribution in [1.82, 2.24) is 0 Å². The first-order valence-electron chi connectivity index (χ1n) is 18.5. The number of esters is 3. The Balaban J connectivity index is 4.12. The van der Waals surface area contributed by atoms with Crippen LogP contribution in [0.2, 0.25) is 0 Å². The highest BCUT2D eigenvalue weighted by Gasteiger charge is 2.24. The van der Waals surface area contributed by atoms with Crippen molar-refractivity contribution in [3.05, 3.63) is 12.7 Å². The number of nitrogens with two attached hydrogens (primary N) is 1. The van der Waals surface area contributed by atoms with Gasteiger partial charge in [0, 0.05) is 25.5 Å². The molecular formula is C36H68NO9P. The van der Waals surface area contributed by atoms with Gasteiger partial charge in [0.2, 0.25) is 0 Å². The molecule has 0 aromatic heterocycles. The number of rotatable bonds is 35. The van der Waals surface area contributed by atoms with Crippen molar-refractivity contribution in [1.29, 1.82) is 0 Å². The summed E-state index contributed by atoms with van der Waals surface area (Å²) in [6, 6.07) is 0. The molecule has 0 aliphatic carbocycles. The fourth-order valence-electron chi connectivity index (χ4n) is 5.17. The molecule has 2 atom stereocenters. The van der Waals surface area contributed by atoms with E-state index in [9.17, 15) is 23.8 Å². The number of carbonyl (C=O) groups is 3. The van der Waals surface area contributed by atoms with E-state index >= 15 is 0 Å². The molecule has 0 rings (SSSR count). The Morgan fingerprint density at radius 1 is 0.681 bits per heavy atom. The predicted molar refractivity (Wildman–Crippen MR) is 188 cm³/mol. The number of hydrogen-bond acceptors (Lipinski definition) is 9. The minimum absolute atomic E-state index is 0.0143. The largest absolute Gasteiger partial charge is 0.463 e. The van der Waals surface area contributed by atoms with E-state index in [-0.39, 0.29) is 50.7 Å². The molecule has 3 N–H and O–H groups in total. The van der Waals surface area contributed by atoms with E-state index in [1.807, 2.05) is 0 Å². The highest BCUT2D eigenvalue weighted by Crippen LogP contribution is 2.41. The molecule has 0 amide bonds. The van der Waals surface area contributed by atoms with Crippen molar-refractivity contribution < 1.29 is 42.6 Å². The Kier molecular flexibility index (Phi) is 31.6. The minimum Gasteiger partial charge on any atom is -0.463 e. The molecule has 0 saturated heterocycles. The van der Waals surface area contributed by atoms with Gasteiger partial charge < -0.3 is 29.4 Å². The maximum atomic E-state index is 12.5. The molecule has 0 bridgehead atoms. The summed E-state index contributed by atoms with van der Waals surface area (Å²) in [7, 11) is -3.91. The van der Waals surface area contributed by atoms with Gasteiger partial charge in [0.1, 0.15) is 6.61 Å². The summed E-state index contributed by atoms with van der Waals surface area (Å²) in [5.41, 5.74) is 5.38. The van der Waals surface area contributed by atoms with Gasteiger partial charge in [0.05, 0.1) is 19.4 Å². The lowest BCUT2D eigenvalue weighted by Crippen LogP contribution is -2.29. The normalized spacial score (nSPS) is 13.1. The molecule has 0 aromatic rings. The maximum absolute atomic E-state index is 12.5. The van der Waals surface area contributed by atoms with Gasteiger partial charge in [-0.25, -0.2) is 4.79 Å². The fourth-order valence-corrected chi connectivity index (χ4v) is 6.03. The molecule has 11 heteroatoms. The standard InChI is InChI=1S/C36H68NO9P/c1-3-5-6-7-8-9-10-11-12-14-17-20-23-26-35(39)44-31-33(32-45-47(41,42)30-28-37)46-36(40)27-24-21-18-15-13-16-19-22-25-29-43-34(38)4-2/h4,33H,2-3,5-32,37H2,1H3,(H,41,42)/t33-/m1/s1. The van der Waals surface area contributed by atoms with Crippen molar-refractivity contribution in [2.75, 3.05) is 32.5 Å². The van der Waals surface area contributed by atoms with Crippen LogP contribution < -0.4 is 5.73 Å². The zero-order valence-electron chi connectivity index (χ0n) is 29.6. The van der Waals surface area contributed by atoms with Gasteiger partial charge in [0.25, 0.3) is 0 Å². The molecule has 0 aliphatic heterocycles. The first-order valence-corrected chi connectivity index (χ1v) is 20.3. The molecule has 0 aromatic carbocycles. The SMILES string of the molecule is C=CC(=O)OCCCCCCCCCCCC(=O)O[C@H](COC(=O)CCCCCCCCCCCCCCC)COP(=O)(O)CCN. The summed E-state index contributed by atoms with van der Waals surface area (Å²) in [5, 5.41) is 0. The van der Waals surface area contributed by atoms with Gasteiger partial charge in [-0.1, -0.05) is 135 Å². The van der Waals surface area contributed by atoms with Gasteiger partial charge in [-0.3, -0.25) is 14.2 Å². The van der Waals surface area contributed by atoms with Gasteiger partial charge in [-0.05, 0) is 19.3 Å². The molecule has 276 valence electrons. The lowest BCUT2D eigenvalue weighted by Gasteiger charge is -2.20. The summed E-state index contributed by atoms with van der Waals surface area (Å²) >= 11 is 0. The van der Waals surface area contributed by atoms with Crippen LogP contribution in [0.4, 0.5) is 0 Å². The van der Waals surface area contributed by atoms with Crippen LogP contribution in [0.25, 0.3) is 0 Å². The van der Waals surface area contributed by atoms with E-state index < -0.39 is 19.7 Å². The first-order chi connectivity index (χ1) is 22.7. The number of unbranched alkanes of at least 4 members (excludes halogenated alkanes) is 20. The third kappa shape index (κ3) is 32.6. The predicted octanol–water partition coefficient (Wildman–Crippen LogP) is 8.71. The molecule has 0 fully saturated rings. The minimum atomic E-state index is -3.91. The molecule has 0 radical (unpaired) electrons. The van der Waals surface area contributed by atoms with E-state index in [0.717, 1.165) is 70.6 Å². The summed E-state index contributed by atoms with van der Waals surface area (Å²) in [5.74, 6) is -1.20. The zero-order chi connectivity index (χ0) is 34.9. The van der Waals surface area contributed by atoms with Crippen molar-refractivity contribution >= 4 is 25.5 Å². The Hall–Kier alpha value is -1.74. The van der Waals surface area contributed by atoms with Crippen LogP contribution >= 0.6 is 7.60 Å².